The smallest absolute Gasteiger partial charge is 0.465 e. The molecule has 0 saturated heterocycles. The molecule has 37 heavy (non-hydrogen) atoms. The van der Waals surface area contributed by atoms with E-state index in [9.17, 15) is 23.7 Å². The number of rotatable bonds is 17. The molecule has 1 rings (SSSR count). The summed E-state index contributed by atoms with van der Waals surface area (Å²) in [5.74, 6) is -1.06. The van der Waals surface area contributed by atoms with Crippen LogP contribution in [0, 0.1) is 5.41 Å². The van der Waals surface area contributed by atoms with E-state index in [1.165, 1.54) is 39.3 Å². The van der Waals surface area contributed by atoms with E-state index < -0.39 is 19.2 Å². The molecule has 0 spiro atoms. The molecular formula is C24H37N2O9PS. The van der Waals surface area contributed by atoms with Crippen molar-refractivity contribution in [3.05, 3.63) is 29.3 Å². The van der Waals surface area contributed by atoms with Crippen LogP contribution < -0.4 is 11.1 Å². The predicted octanol–water partition coefficient (Wildman–Crippen LogP) is 4.01. The van der Waals surface area contributed by atoms with Crippen molar-refractivity contribution in [1.29, 1.82) is 0 Å². The Balaban J connectivity index is 2.31. The molecule has 0 aliphatic heterocycles. The van der Waals surface area contributed by atoms with Crippen LogP contribution in [0.15, 0.2) is 18.2 Å². The summed E-state index contributed by atoms with van der Waals surface area (Å²) in [6.07, 6.45) is 2.86. The average Bonchev–Trinajstić information content (AvgIpc) is 2.86. The molecule has 3 N–H and O–H groups in total. The number of thioether (sulfide) groups is 1. The lowest BCUT2D eigenvalue weighted by molar-refractivity contribution is -0.126. The first-order chi connectivity index (χ1) is 17.3. The first-order valence-corrected chi connectivity index (χ1v) is 14.2. The second-order valence-corrected chi connectivity index (χ2v) is 11.7. The van der Waals surface area contributed by atoms with E-state index in [4.69, 9.17) is 19.3 Å². The summed E-state index contributed by atoms with van der Waals surface area (Å²) in [5, 5.41) is 2.64. The van der Waals surface area contributed by atoms with E-state index in [0.717, 1.165) is 24.6 Å². The van der Waals surface area contributed by atoms with Crippen LogP contribution in [0.4, 0.5) is 5.69 Å². The largest absolute Gasteiger partial charge is 0.474 e. The predicted molar refractivity (Wildman–Crippen MR) is 141 cm³/mol. The van der Waals surface area contributed by atoms with Gasteiger partial charge in [0.15, 0.2) is 10.9 Å². The number of carbonyl (C=O) groups is 4. The molecule has 13 heteroatoms. The van der Waals surface area contributed by atoms with Crippen LogP contribution in [0.2, 0.25) is 0 Å². The maximum absolute atomic E-state index is 12.6. The average molecular weight is 561 g/mol. The van der Waals surface area contributed by atoms with E-state index >= 15 is 0 Å². The van der Waals surface area contributed by atoms with Crippen molar-refractivity contribution in [3.63, 3.8) is 0 Å². The number of hydrogen-bond acceptors (Lipinski definition) is 11. The van der Waals surface area contributed by atoms with Gasteiger partial charge in [-0.25, -0.2) is 9.36 Å². The number of anilines is 1. The molecule has 1 aromatic carbocycles. The summed E-state index contributed by atoms with van der Waals surface area (Å²) in [6, 6.07) is 4.38. The van der Waals surface area contributed by atoms with Crippen LogP contribution in [0.3, 0.4) is 0 Å². The molecule has 1 amide bonds. The topological polar surface area (TPSA) is 160 Å². The normalized spacial score (nSPS) is 13.0. The quantitative estimate of drug-likeness (QED) is 0.123. The summed E-state index contributed by atoms with van der Waals surface area (Å²) in [6.45, 7) is 5.07. The second kappa shape index (κ2) is 15.9. The van der Waals surface area contributed by atoms with E-state index in [1.54, 1.807) is 13.8 Å². The summed E-state index contributed by atoms with van der Waals surface area (Å²) in [7, 11) is -1.36. The Labute approximate surface area is 222 Å². The zero-order chi connectivity index (χ0) is 28.1. The number of amides is 1. The minimum absolute atomic E-state index is 0.0139. The number of nitrogen functional groups attached to an aromatic ring is 1. The van der Waals surface area contributed by atoms with Gasteiger partial charge in [-0.05, 0) is 31.0 Å². The number of nitrogens with one attached hydrogen (secondary N) is 1. The number of nitrogens with two attached hydrogens (primary N) is 1. The summed E-state index contributed by atoms with van der Waals surface area (Å²) < 4.78 is 32.9. The number of ether oxygens (including phenoxy) is 1. The van der Waals surface area contributed by atoms with Gasteiger partial charge in [0.25, 0.3) is 5.91 Å². The Morgan fingerprint density at radius 3 is 2.32 bits per heavy atom. The SMILES string of the molecule is COC(=O)c1ccc(C(=O)NCCCCCCOP(=O)(OC)OCC(C)(C)C(=O)CSC(C)=O)cc1N. The Morgan fingerprint density at radius 1 is 1.05 bits per heavy atom. The first kappa shape index (κ1) is 32.8. The molecule has 0 aliphatic rings. The van der Waals surface area contributed by atoms with Gasteiger partial charge in [0.05, 0.1) is 31.6 Å². The fourth-order valence-corrected chi connectivity index (χ4v) is 4.73. The van der Waals surface area contributed by atoms with Gasteiger partial charge >= 0.3 is 13.8 Å². The van der Waals surface area contributed by atoms with Crippen molar-refractivity contribution in [2.24, 2.45) is 5.41 Å². The maximum atomic E-state index is 12.6. The first-order valence-electron chi connectivity index (χ1n) is 11.7. The second-order valence-electron chi connectivity index (χ2n) is 8.79. The van der Waals surface area contributed by atoms with Crippen molar-refractivity contribution < 1.29 is 42.1 Å². The van der Waals surface area contributed by atoms with Crippen LogP contribution >= 0.6 is 19.6 Å². The zero-order valence-corrected chi connectivity index (χ0v) is 23.7. The minimum Gasteiger partial charge on any atom is -0.465 e. The van der Waals surface area contributed by atoms with Gasteiger partial charge in [0, 0.05) is 37.2 Å². The highest BCUT2D eigenvalue weighted by atomic mass is 32.2. The highest BCUT2D eigenvalue weighted by Crippen LogP contribution is 2.49. The van der Waals surface area contributed by atoms with E-state index in [0.29, 0.717) is 24.9 Å². The molecule has 0 bridgehead atoms. The number of benzene rings is 1. The molecule has 0 radical (unpaired) electrons. The number of hydrogen-bond donors (Lipinski definition) is 2. The molecule has 1 atom stereocenters. The van der Waals surface area contributed by atoms with Crippen LogP contribution in [0.1, 0.15) is 67.2 Å². The third kappa shape index (κ3) is 11.8. The van der Waals surface area contributed by atoms with Crippen LogP contribution in [-0.4, -0.2) is 62.5 Å². The molecule has 11 nitrogen and oxygen atoms in total. The van der Waals surface area contributed by atoms with E-state index in [1.807, 2.05) is 0 Å². The van der Waals surface area contributed by atoms with Crippen LogP contribution in [0.5, 0.6) is 0 Å². The lowest BCUT2D eigenvalue weighted by Gasteiger charge is -2.25. The molecule has 0 aromatic heterocycles. The van der Waals surface area contributed by atoms with Crippen LogP contribution in [-0.2, 0) is 32.5 Å². The highest BCUT2D eigenvalue weighted by Gasteiger charge is 2.33. The summed E-state index contributed by atoms with van der Waals surface area (Å²) in [4.78, 5) is 47.2. The van der Waals surface area contributed by atoms with Crippen LogP contribution in [0.25, 0.3) is 0 Å². The number of ketones is 1. The number of unbranched alkanes of at least 4 members (excludes halogenated alkanes) is 3. The Hall–Kier alpha value is -2.24. The number of carbonyl (C=O) groups excluding carboxylic acids is 4. The van der Waals surface area contributed by atoms with Gasteiger partial charge in [-0.1, -0.05) is 38.5 Å². The van der Waals surface area contributed by atoms with Gasteiger partial charge < -0.3 is 15.8 Å². The standard InChI is InChI=1S/C24H37N2O9PS/c1-17(27)37-15-21(28)24(2,3)16-35-36(31,33-5)34-13-9-7-6-8-12-26-22(29)18-10-11-19(20(25)14-18)23(30)32-4/h10-11,14H,6-9,12-13,15-16,25H2,1-5H3,(H,26,29). The fraction of sp³-hybridized carbons (Fsp3) is 0.583. The highest BCUT2D eigenvalue weighted by molar-refractivity contribution is 8.14. The molecule has 1 unspecified atom stereocenters. The lowest BCUT2D eigenvalue weighted by atomic mass is 9.90. The van der Waals surface area contributed by atoms with Gasteiger partial charge in [0.2, 0.25) is 0 Å². The number of methoxy groups -OCH3 is 1. The van der Waals surface area contributed by atoms with E-state index in [2.05, 4.69) is 10.1 Å². The van der Waals surface area contributed by atoms with Crippen molar-refractivity contribution >= 4 is 48.0 Å². The third-order valence-corrected chi connectivity index (χ3v) is 7.50. The van der Waals surface area contributed by atoms with Crippen molar-refractivity contribution in [2.45, 2.75) is 46.5 Å². The molecule has 0 heterocycles. The molecular weight excluding hydrogens is 523 g/mol. The summed E-state index contributed by atoms with van der Waals surface area (Å²) in [5.41, 5.74) is 5.57. The van der Waals surface area contributed by atoms with E-state index in [-0.39, 0.29) is 47.0 Å². The fourth-order valence-electron chi connectivity index (χ4n) is 2.89. The number of phosphoric ester groups is 1. The summed E-state index contributed by atoms with van der Waals surface area (Å²) >= 11 is 0.914. The van der Waals surface area contributed by atoms with Crippen molar-refractivity contribution in [3.8, 4) is 0 Å². The Bertz CT molecular complexity index is 1000. The van der Waals surface area contributed by atoms with Crippen molar-refractivity contribution in [1.82, 2.24) is 5.32 Å². The number of phosphoric acid groups is 1. The zero-order valence-electron chi connectivity index (χ0n) is 22.0. The number of Topliss-reactive ketones (excluding diaryl/α,β-unsaturated/α-hetero) is 1. The Morgan fingerprint density at radius 2 is 1.73 bits per heavy atom. The Kier molecular flexibility index (Phi) is 14.1. The third-order valence-electron chi connectivity index (χ3n) is 5.29. The molecule has 0 fully saturated rings. The van der Waals surface area contributed by atoms with Gasteiger partial charge in [-0.3, -0.25) is 28.0 Å². The monoisotopic (exact) mass is 560 g/mol. The van der Waals surface area contributed by atoms with Crippen molar-refractivity contribution in [2.75, 3.05) is 45.5 Å². The maximum Gasteiger partial charge on any atom is 0.474 e. The molecule has 0 aliphatic carbocycles. The molecule has 0 saturated carbocycles. The minimum atomic E-state index is -3.82. The van der Waals surface area contributed by atoms with Gasteiger partial charge in [-0.2, -0.15) is 0 Å². The van der Waals surface area contributed by atoms with Gasteiger partial charge in [0.1, 0.15) is 0 Å². The van der Waals surface area contributed by atoms with Gasteiger partial charge in [-0.15, -0.1) is 0 Å². The molecule has 1 aromatic rings. The number of esters is 1. The molecule has 208 valence electrons. The lowest BCUT2D eigenvalue weighted by Crippen LogP contribution is -2.31.